The second-order valence-corrected chi connectivity index (χ2v) is 9.15. The summed E-state index contributed by atoms with van der Waals surface area (Å²) in [5.41, 5.74) is 4.44. The Hall–Kier alpha value is -3.19. The fourth-order valence-electron chi connectivity index (χ4n) is 4.40. The third kappa shape index (κ3) is 4.78. The monoisotopic (exact) mass is 448 g/mol. The minimum atomic E-state index is -0.361. The third-order valence-electron chi connectivity index (χ3n) is 6.35. The van der Waals surface area contributed by atoms with Gasteiger partial charge >= 0.3 is 0 Å². The molecule has 0 bridgehead atoms. The number of hydrogen-bond donors (Lipinski definition) is 1. The molecule has 4 rings (SSSR count). The van der Waals surface area contributed by atoms with Crippen LogP contribution in [0.5, 0.6) is 0 Å². The molecule has 1 saturated heterocycles. The van der Waals surface area contributed by atoms with Gasteiger partial charge in [-0.15, -0.1) is 0 Å². The molecule has 1 aliphatic heterocycles. The first-order valence-electron chi connectivity index (χ1n) is 11.4. The van der Waals surface area contributed by atoms with Crippen molar-refractivity contribution in [1.82, 2.24) is 14.9 Å². The van der Waals surface area contributed by atoms with Crippen molar-refractivity contribution in [3.05, 3.63) is 68.6 Å². The summed E-state index contributed by atoms with van der Waals surface area (Å²) in [6.45, 7) is 7.26. The van der Waals surface area contributed by atoms with Crippen molar-refractivity contribution in [2.24, 2.45) is 0 Å². The molecule has 2 aromatic heterocycles. The lowest BCUT2D eigenvalue weighted by atomic mass is 10.1. The molecule has 1 unspecified atom stereocenters. The second-order valence-electron chi connectivity index (χ2n) is 9.15. The van der Waals surface area contributed by atoms with E-state index >= 15 is 0 Å². The molecule has 174 valence electrons. The van der Waals surface area contributed by atoms with Crippen molar-refractivity contribution in [1.29, 1.82) is 0 Å². The third-order valence-corrected chi connectivity index (χ3v) is 6.35. The van der Waals surface area contributed by atoms with Crippen LogP contribution in [0, 0.1) is 20.8 Å². The maximum atomic E-state index is 13.6. The highest BCUT2D eigenvalue weighted by Gasteiger charge is 2.27. The Morgan fingerprint density at radius 1 is 1.18 bits per heavy atom. The van der Waals surface area contributed by atoms with Crippen LogP contribution < -0.4 is 10.5 Å². The van der Waals surface area contributed by atoms with Crippen molar-refractivity contribution in [2.75, 3.05) is 32.1 Å². The highest BCUT2D eigenvalue weighted by molar-refractivity contribution is 5.94. The van der Waals surface area contributed by atoms with Gasteiger partial charge in [0.05, 0.1) is 11.6 Å². The number of rotatable bonds is 6. The highest BCUT2D eigenvalue weighted by atomic mass is 16.5. The van der Waals surface area contributed by atoms with E-state index in [-0.39, 0.29) is 23.1 Å². The maximum Gasteiger partial charge on any atom is 0.261 e. The summed E-state index contributed by atoms with van der Waals surface area (Å²) in [5, 5.41) is 1.03. The summed E-state index contributed by atoms with van der Waals surface area (Å²) in [4.78, 5) is 37.7. The molecule has 3 aromatic rings. The number of fused-ring (bicyclic) bond motifs is 1. The first-order valence-corrected chi connectivity index (χ1v) is 11.4. The number of ether oxygens (including phenoxy) is 1. The Labute approximate surface area is 194 Å². The Kier molecular flexibility index (Phi) is 6.51. The zero-order valence-electron chi connectivity index (χ0n) is 20.1. The average molecular weight is 449 g/mol. The summed E-state index contributed by atoms with van der Waals surface area (Å²) in [5.74, 6) is 0.528. The number of benzene rings is 1. The fraction of sp³-hybridized carbons (Fsp3) is 0.423. The molecule has 1 N–H and O–H groups in total. The summed E-state index contributed by atoms with van der Waals surface area (Å²) in [6, 6.07) is 9.90. The minimum absolute atomic E-state index is 0.0296. The van der Waals surface area contributed by atoms with Gasteiger partial charge in [0.1, 0.15) is 11.4 Å². The van der Waals surface area contributed by atoms with Gasteiger partial charge in [0, 0.05) is 50.4 Å². The smallest absolute Gasteiger partial charge is 0.261 e. The van der Waals surface area contributed by atoms with Crippen LogP contribution in [0.2, 0.25) is 0 Å². The van der Waals surface area contributed by atoms with Gasteiger partial charge < -0.3 is 19.5 Å². The summed E-state index contributed by atoms with van der Waals surface area (Å²) in [7, 11) is 3.91. The number of H-pyrrole nitrogens is 1. The molecule has 33 heavy (non-hydrogen) atoms. The highest BCUT2D eigenvalue weighted by Crippen LogP contribution is 2.27. The van der Waals surface area contributed by atoms with E-state index in [9.17, 15) is 9.59 Å². The quantitative estimate of drug-likeness (QED) is 0.622. The number of anilines is 1. The molecular weight excluding hydrogens is 416 g/mol. The molecule has 1 atom stereocenters. The van der Waals surface area contributed by atoms with Crippen molar-refractivity contribution in [3.63, 3.8) is 0 Å². The molecule has 1 aliphatic rings. The molecule has 0 aliphatic carbocycles. The fourth-order valence-corrected chi connectivity index (χ4v) is 4.40. The lowest BCUT2D eigenvalue weighted by Crippen LogP contribution is -2.39. The van der Waals surface area contributed by atoms with E-state index in [2.05, 4.69) is 11.1 Å². The Morgan fingerprint density at radius 3 is 2.67 bits per heavy atom. The largest absolute Gasteiger partial charge is 0.376 e. The van der Waals surface area contributed by atoms with Crippen LogP contribution in [0.4, 0.5) is 5.82 Å². The molecule has 3 heterocycles. The van der Waals surface area contributed by atoms with Crippen molar-refractivity contribution in [2.45, 2.75) is 46.3 Å². The molecule has 0 radical (unpaired) electrons. The van der Waals surface area contributed by atoms with Gasteiger partial charge in [-0.1, -0.05) is 18.2 Å². The van der Waals surface area contributed by atoms with E-state index in [1.807, 2.05) is 58.0 Å². The number of aromatic amines is 1. The zero-order chi connectivity index (χ0) is 23.7. The summed E-state index contributed by atoms with van der Waals surface area (Å²) in [6.07, 6.45) is 1.86. The number of carbonyl (C=O) groups excluding carboxylic acids is 1. The standard InChI is InChI=1S/C26H32N4O3/c1-16-8-6-9-19-13-20(24(29(4)5)28-23(16)19)14-30(15-21-10-7-11-33-21)26(32)22-12-17(2)18(3)27-25(22)31/h6,8-9,12-13,21H,7,10-11,14-15H2,1-5H3,(H,27,31). The minimum Gasteiger partial charge on any atom is -0.376 e. The average Bonchev–Trinajstić information content (AvgIpc) is 3.28. The van der Waals surface area contributed by atoms with E-state index in [0.717, 1.165) is 51.9 Å². The van der Waals surface area contributed by atoms with Crippen LogP contribution in [0.1, 0.15) is 45.6 Å². The number of pyridine rings is 2. The number of aryl methyl sites for hydroxylation is 3. The number of carbonyl (C=O) groups is 1. The number of nitrogens with zero attached hydrogens (tertiary/aromatic N) is 3. The number of amides is 1. The molecule has 1 amide bonds. The summed E-state index contributed by atoms with van der Waals surface area (Å²) < 4.78 is 5.84. The van der Waals surface area contributed by atoms with Gasteiger partial charge in [0.2, 0.25) is 0 Å². The Bertz CT molecular complexity index is 1240. The molecule has 7 heteroatoms. The van der Waals surface area contributed by atoms with E-state index in [1.54, 1.807) is 11.0 Å². The summed E-state index contributed by atoms with van der Waals surface area (Å²) >= 11 is 0. The molecule has 7 nitrogen and oxygen atoms in total. The lowest BCUT2D eigenvalue weighted by molar-refractivity contribution is 0.0506. The van der Waals surface area contributed by atoms with E-state index in [0.29, 0.717) is 19.7 Å². The van der Waals surface area contributed by atoms with Crippen molar-refractivity contribution < 1.29 is 9.53 Å². The second kappa shape index (κ2) is 9.35. The normalized spacial score (nSPS) is 15.7. The van der Waals surface area contributed by atoms with Gasteiger partial charge in [-0.05, 0) is 56.9 Å². The SMILES string of the molecule is Cc1cc(C(=O)N(Cc2cc3cccc(C)c3nc2N(C)C)CC2CCCO2)c(=O)[nH]c1C. The predicted molar refractivity (Wildman–Crippen MR) is 131 cm³/mol. The van der Waals surface area contributed by atoms with Crippen LogP contribution in [-0.2, 0) is 11.3 Å². The van der Waals surface area contributed by atoms with Gasteiger partial charge in [-0.2, -0.15) is 0 Å². The van der Waals surface area contributed by atoms with Crippen molar-refractivity contribution >= 4 is 22.6 Å². The Morgan fingerprint density at radius 2 is 1.97 bits per heavy atom. The van der Waals surface area contributed by atoms with Crippen LogP contribution in [0.3, 0.4) is 0 Å². The topological polar surface area (TPSA) is 78.5 Å². The van der Waals surface area contributed by atoms with E-state index < -0.39 is 0 Å². The van der Waals surface area contributed by atoms with Crippen LogP contribution >= 0.6 is 0 Å². The number of aromatic nitrogens is 2. The molecule has 1 fully saturated rings. The molecular formula is C26H32N4O3. The predicted octanol–water partition coefficient (Wildman–Crippen LogP) is 3.74. The Balaban J connectivity index is 1.76. The molecule has 0 spiro atoms. The van der Waals surface area contributed by atoms with Crippen LogP contribution in [0.15, 0.2) is 35.1 Å². The van der Waals surface area contributed by atoms with Crippen molar-refractivity contribution in [3.8, 4) is 0 Å². The van der Waals surface area contributed by atoms with E-state index in [1.165, 1.54) is 0 Å². The molecule has 0 saturated carbocycles. The maximum absolute atomic E-state index is 13.6. The van der Waals surface area contributed by atoms with E-state index in [4.69, 9.17) is 9.72 Å². The zero-order valence-corrected chi connectivity index (χ0v) is 20.1. The number of nitrogens with one attached hydrogen (secondary N) is 1. The van der Waals surface area contributed by atoms with Gasteiger partial charge in [-0.25, -0.2) is 4.98 Å². The first kappa shape index (κ1) is 23.0. The van der Waals surface area contributed by atoms with Gasteiger partial charge in [-0.3, -0.25) is 9.59 Å². The number of hydrogen-bond acceptors (Lipinski definition) is 5. The molecule has 1 aromatic carbocycles. The first-order chi connectivity index (χ1) is 15.7. The van der Waals surface area contributed by atoms with Gasteiger partial charge in [0.25, 0.3) is 11.5 Å². The van der Waals surface area contributed by atoms with Gasteiger partial charge in [0.15, 0.2) is 0 Å². The van der Waals surface area contributed by atoms with Crippen LogP contribution in [-0.4, -0.2) is 54.1 Å². The number of para-hydroxylation sites is 1. The van der Waals surface area contributed by atoms with Crippen LogP contribution in [0.25, 0.3) is 10.9 Å². The lowest BCUT2D eigenvalue weighted by Gasteiger charge is -2.27.